The zero-order chi connectivity index (χ0) is 14.7. The summed E-state index contributed by atoms with van der Waals surface area (Å²) in [7, 11) is 0. The number of nitrogens with zero attached hydrogens (tertiary/aromatic N) is 1. The fourth-order valence-corrected chi connectivity index (χ4v) is 2.77. The van der Waals surface area contributed by atoms with Crippen molar-refractivity contribution in [2.75, 3.05) is 0 Å². The van der Waals surface area contributed by atoms with E-state index < -0.39 is 5.97 Å². The molecule has 1 saturated carbocycles. The van der Waals surface area contributed by atoms with E-state index in [4.69, 9.17) is 5.11 Å². The topological polar surface area (TPSA) is 88.4 Å². The minimum absolute atomic E-state index is 0.0630. The molecule has 0 spiro atoms. The molecule has 7 heteroatoms. The van der Waals surface area contributed by atoms with Gasteiger partial charge in [-0.2, -0.15) is 0 Å². The van der Waals surface area contributed by atoms with Crippen LogP contribution < -0.4 is 10.9 Å². The first-order valence-electron chi connectivity index (χ1n) is 6.34. The number of hydrogen-bond donors (Lipinski definition) is 2. The lowest BCUT2D eigenvalue weighted by molar-refractivity contribution is -0.141. The third-order valence-electron chi connectivity index (χ3n) is 3.41. The Morgan fingerprint density at radius 3 is 2.80 bits per heavy atom. The molecular weight excluding hydrogens is 328 g/mol. The molecule has 20 heavy (non-hydrogen) atoms. The van der Waals surface area contributed by atoms with E-state index in [1.807, 2.05) is 0 Å². The van der Waals surface area contributed by atoms with Crippen LogP contribution in [0, 0.1) is 5.92 Å². The van der Waals surface area contributed by atoms with Gasteiger partial charge in [-0.05, 0) is 41.3 Å². The molecule has 2 atom stereocenters. The van der Waals surface area contributed by atoms with Crippen molar-refractivity contribution < 1.29 is 14.7 Å². The average Bonchev–Trinajstić information content (AvgIpc) is 2.82. The second-order valence-corrected chi connectivity index (χ2v) is 5.84. The Hall–Kier alpha value is -1.63. The lowest BCUT2D eigenvalue weighted by Gasteiger charge is -2.13. The minimum Gasteiger partial charge on any atom is -0.481 e. The van der Waals surface area contributed by atoms with Crippen molar-refractivity contribution in [3.8, 4) is 0 Å². The first-order valence-corrected chi connectivity index (χ1v) is 7.13. The predicted octanol–water partition coefficient (Wildman–Crippen LogP) is 0.980. The maximum atomic E-state index is 11.9. The number of carbonyl (C=O) groups excluding carboxylic acids is 1. The Kier molecular flexibility index (Phi) is 4.59. The molecule has 108 valence electrons. The van der Waals surface area contributed by atoms with E-state index in [9.17, 15) is 14.4 Å². The van der Waals surface area contributed by atoms with Gasteiger partial charge in [-0.1, -0.05) is 0 Å². The van der Waals surface area contributed by atoms with Crippen LogP contribution in [-0.2, 0) is 16.1 Å². The molecule has 1 aromatic rings. The SMILES string of the molecule is O=C(Cn1cc(Br)ccc1=O)N[C@H]1CC[C@@H](C(=O)O)C1. The van der Waals surface area contributed by atoms with Crippen LogP contribution in [0.25, 0.3) is 0 Å². The molecule has 0 aliphatic heterocycles. The van der Waals surface area contributed by atoms with Crippen molar-refractivity contribution >= 4 is 27.8 Å². The van der Waals surface area contributed by atoms with E-state index in [-0.39, 0.29) is 30.0 Å². The van der Waals surface area contributed by atoms with Crippen molar-refractivity contribution in [1.29, 1.82) is 0 Å². The molecule has 1 aromatic heterocycles. The van der Waals surface area contributed by atoms with E-state index >= 15 is 0 Å². The lowest BCUT2D eigenvalue weighted by atomic mass is 10.1. The number of aliphatic carboxylic acids is 1. The van der Waals surface area contributed by atoms with Gasteiger partial charge in [0.15, 0.2) is 0 Å². The molecule has 1 aliphatic rings. The van der Waals surface area contributed by atoms with Gasteiger partial charge in [-0.3, -0.25) is 14.4 Å². The summed E-state index contributed by atoms with van der Waals surface area (Å²) in [5, 5.41) is 11.7. The molecule has 0 bridgehead atoms. The molecule has 6 nitrogen and oxygen atoms in total. The van der Waals surface area contributed by atoms with Crippen LogP contribution in [0.3, 0.4) is 0 Å². The van der Waals surface area contributed by atoms with Crippen LogP contribution in [0.15, 0.2) is 27.6 Å². The number of carboxylic acid groups (broad SMARTS) is 1. The summed E-state index contributed by atoms with van der Waals surface area (Å²) in [6.07, 6.45) is 3.25. The standard InChI is InChI=1S/C13H15BrN2O4/c14-9-2-4-12(18)16(6-9)7-11(17)15-10-3-1-8(5-10)13(19)20/h2,4,6,8,10H,1,3,5,7H2,(H,15,17)(H,19,20)/t8-,10+/m1/s1. The second-order valence-electron chi connectivity index (χ2n) is 4.93. The van der Waals surface area contributed by atoms with Crippen molar-refractivity contribution in [3.05, 3.63) is 33.2 Å². The fourth-order valence-electron chi connectivity index (χ4n) is 2.39. The number of hydrogen-bond acceptors (Lipinski definition) is 3. The quantitative estimate of drug-likeness (QED) is 0.853. The Bertz CT molecular complexity index is 584. The van der Waals surface area contributed by atoms with Crippen molar-refractivity contribution in [3.63, 3.8) is 0 Å². The minimum atomic E-state index is -0.815. The van der Waals surface area contributed by atoms with Gasteiger partial charge in [-0.15, -0.1) is 0 Å². The van der Waals surface area contributed by atoms with Gasteiger partial charge in [-0.25, -0.2) is 0 Å². The maximum Gasteiger partial charge on any atom is 0.306 e. The van der Waals surface area contributed by atoms with Crippen LogP contribution in [0.4, 0.5) is 0 Å². The van der Waals surface area contributed by atoms with Gasteiger partial charge in [0, 0.05) is 22.8 Å². The van der Waals surface area contributed by atoms with E-state index in [2.05, 4.69) is 21.2 Å². The molecule has 2 N–H and O–H groups in total. The zero-order valence-electron chi connectivity index (χ0n) is 10.7. The summed E-state index contributed by atoms with van der Waals surface area (Å²) in [6, 6.07) is 2.88. The van der Waals surface area contributed by atoms with Crippen LogP contribution in [0.5, 0.6) is 0 Å². The van der Waals surface area contributed by atoms with E-state index in [1.54, 1.807) is 12.3 Å². The number of carbonyl (C=O) groups is 2. The second kappa shape index (κ2) is 6.21. The summed E-state index contributed by atoms with van der Waals surface area (Å²) in [5.41, 5.74) is -0.252. The Morgan fingerprint density at radius 1 is 1.40 bits per heavy atom. The molecule has 1 heterocycles. The van der Waals surface area contributed by atoms with Crippen molar-refractivity contribution in [2.45, 2.75) is 31.8 Å². The molecule has 0 radical (unpaired) electrons. The number of aromatic nitrogens is 1. The first-order chi connectivity index (χ1) is 9.45. The number of pyridine rings is 1. The molecule has 0 unspecified atom stereocenters. The normalized spacial score (nSPS) is 21.6. The number of rotatable bonds is 4. The largest absolute Gasteiger partial charge is 0.481 e. The summed E-state index contributed by atoms with van der Waals surface area (Å²) in [6.45, 7) is -0.0630. The molecule has 2 rings (SSSR count). The Labute approximate surface area is 123 Å². The average molecular weight is 343 g/mol. The Balaban J connectivity index is 1.92. The van der Waals surface area contributed by atoms with Crippen molar-refractivity contribution in [1.82, 2.24) is 9.88 Å². The zero-order valence-corrected chi connectivity index (χ0v) is 12.3. The van der Waals surface area contributed by atoms with Gasteiger partial charge in [0.2, 0.25) is 5.91 Å². The highest BCUT2D eigenvalue weighted by Gasteiger charge is 2.30. The maximum absolute atomic E-state index is 11.9. The third-order valence-corrected chi connectivity index (χ3v) is 3.88. The molecule has 1 aliphatic carbocycles. The van der Waals surface area contributed by atoms with Crippen LogP contribution in [0.2, 0.25) is 0 Å². The molecule has 0 saturated heterocycles. The fraction of sp³-hybridized carbons (Fsp3) is 0.462. The van der Waals surface area contributed by atoms with Gasteiger partial charge < -0.3 is 15.0 Å². The lowest BCUT2D eigenvalue weighted by Crippen LogP contribution is -2.37. The molecule has 1 amide bonds. The molecule has 0 aromatic carbocycles. The number of nitrogens with one attached hydrogen (secondary N) is 1. The predicted molar refractivity (Wildman–Crippen MR) is 75.3 cm³/mol. The highest BCUT2D eigenvalue weighted by atomic mass is 79.9. The van der Waals surface area contributed by atoms with Gasteiger partial charge in [0.1, 0.15) is 6.54 Å². The monoisotopic (exact) mass is 342 g/mol. The molecule has 1 fully saturated rings. The first kappa shape index (κ1) is 14.8. The third kappa shape index (κ3) is 3.69. The van der Waals surface area contributed by atoms with Gasteiger partial charge in [0.05, 0.1) is 5.92 Å². The number of halogens is 1. The Morgan fingerprint density at radius 2 is 2.15 bits per heavy atom. The molecular formula is C13H15BrN2O4. The van der Waals surface area contributed by atoms with Crippen LogP contribution in [-0.4, -0.2) is 27.6 Å². The summed E-state index contributed by atoms with van der Waals surface area (Å²) >= 11 is 3.24. The summed E-state index contributed by atoms with van der Waals surface area (Å²) in [5.74, 6) is -1.47. The highest BCUT2D eigenvalue weighted by molar-refractivity contribution is 9.10. The van der Waals surface area contributed by atoms with Crippen LogP contribution in [0.1, 0.15) is 19.3 Å². The van der Waals surface area contributed by atoms with Crippen molar-refractivity contribution in [2.24, 2.45) is 5.92 Å². The van der Waals surface area contributed by atoms with E-state index in [0.717, 1.165) is 4.47 Å². The highest BCUT2D eigenvalue weighted by Crippen LogP contribution is 2.25. The number of carboxylic acids is 1. The smallest absolute Gasteiger partial charge is 0.306 e. The summed E-state index contributed by atoms with van der Waals surface area (Å²) in [4.78, 5) is 34.3. The van der Waals surface area contributed by atoms with E-state index in [1.165, 1.54) is 10.6 Å². The summed E-state index contributed by atoms with van der Waals surface area (Å²) < 4.78 is 2.03. The van der Waals surface area contributed by atoms with Gasteiger partial charge in [0.25, 0.3) is 5.56 Å². The van der Waals surface area contributed by atoms with Crippen LogP contribution >= 0.6 is 15.9 Å². The number of amides is 1. The van der Waals surface area contributed by atoms with Gasteiger partial charge >= 0.3 is 5.97 Å². The van der Waals surface area contributed by atoms with E-state index in [0.29, 0.717) is 19.3 Å².